The molecule has 0 atom stereocenters. The minimum absolute atomic E-state index is 0. The van der Waals surface area contributed by atoms with Crippen molar-refractivity contribution in [2.24, 2.45) is 43.3 Å². The Morgan fingerprint density at radius 2 is 1.15 bits per heavy atom. The average molecular weight is 395 g/mol. The summed E-state index contributed by atoms with van der Waals surface area (Å²) in [5, 5.41) is 16.1. The molecular weight excluding hydrogens is 364 g/mol. The standard InChI is InChI=1S/C18H30N8.ClH/c1-3-5-10-15(23-25-17(19)20)13-8-7-9-14(12-13)16(11-6-4-2)24-26-18(21)22;/h7-9,12H,3-6,10-11H2,1-2H3,(H4,19,20,25)(H4,21,22,26);1H/b23-15+,24-16+;. The van der Waals surface area contributed by atoms with Gasteiger partial charge in [-0.3, -0.25) is 0 Å². The summed E-state index contributed by atoms with van der Waals surface area (Å²) in [5.41, 5.74) is 25.2. The van der Waals surface area contributed by atoms with Crippen molar-refractivity contribution < 1.29 is 0 Å². The van der Waals surface area contributed by atoms with E-state index in [1.807, 2.05) is 24.3 Å². The zero-order valence-corrected chi connectivity index (χ0v) is 16.9. The van der Waals surface area contributed by atoms with Gasteiger partial charge in [0.15, 0.2) is 0 Å². The molecule has 0 bridgehead atoms. The molecule has 0 aliphatic rings. The zero-order chi connectivity index (χ0) is 19.4. The Labute approximate surface area is 167 Å². The smallest absolute Gasteiger partial charge is 0.211 e. The molecule has 0 unspecified atom stereocenters. The molecule has 0 spiro atoms. The molecule has 0 aliphatic carbocycles. The summed E-state index contributed by atoms with van der Waals surface area (Å²) in [5.74, 6) is -0.124. The summed E-state index contributed by atoms with van der Waals surface area (Å²) >= 11 is 0. The molecule has 1 rings (SSSR count). The summed E-state index contributed by atoms with van der Waals surface area (Å²) < 4.78 is 0. The SMILES string of the molecule is CCCC/C(=N\N=C(N)N)c1cccc(/C(CCCC)=N/N=C(N)N)c1.Cl. The maximum Gasteiger partial charge on any atom is 0.211 e. The van der Waals surface area contributed by atoms with Gasteiger partial charge in [0.2, 0.25) is 11.9 Å². The van der Waals surface area contributed by atoms with Crippen molar-refractivity contribution in [3.05, 3.63) is 35.4 Å². The molecule has 0 radical (unpaired) electrons. The van der Waals surface area contributed by atoms with E-state index in [0.717, 1.165) is 61.1 Å². The lowest BCUT2D eigenvalue weighted by molar-refractivity contribution is 0.831. The largest absolute Gasteiger partial charge is 0.369 e. The van der Waals surface area contributed by atoms with E-state index in [4.69, 9.17) is 22.9 Å². The summed E-state index contributed by atoms with van der Waals surface area (Å²) in [6, 6.07) is 7.95. The van der Waals surface area contributed by atoms with Crippen LogP contribution in [0.4, 0.5) is 0 Å². The van der Waals surface area contributed by atoms with Gasteiger partial charge in [0.05, 0.1) is 11.4 Å². The van der Waals surface area contributed by atoms with Crippen LogP contribution in [-0.4, -0.2) is 23.3 Å². The average Bonchev–Trinajstić information content (AvgIpc) is 2.61. The van der Waals surface area contributed by atoms with Crippen LogP contribution in [0.25, 0.3) is 0 Å². The van der Waals surface area contributed by atoms with Crippen molar-refractivity contribution in [2.45, 2.75) is 52.4 Å². The van der Waals surface area contributed by atoms with E-state index in [1.54, 1.807) is 0 Å². The maximum atomic E-state index is 5.41. The molecule has 0 saturated carbocycles. The number of halogens is 1. The maximum absolute atomic E-state index is 5.41. The third kappa shape index (κ3) is 9.60. The normalized spacial score (nSPS) is 11.5. The Hall–Kier alpha value is -2.61. The van der Waals surface area contributed by atoms with Gasteiger partial charge in [-0.2, -0.15) is 10.2 Å². The fourth-order valence-electron chi connectivity index (χ4n) is 2.31. The molecule has 8 N–H and O–H groups in total. The molecule has 0 aromatic heterocycles. The summed E-state index contributed by atoms with van der Waals surface area (Å²) in [6.07, 6.45) is 5.66. The predicted molar refractivity (Wildman–Crippen MR) is 117 cm³/mol. The van der Waals surface area contributed by atoms with Gasteiger partial charge in [0.1, 0.15) is 0 Å². The molecule has 0 saturated heterocycles. The highest BCUT2D eigenvalue weighted by atomic mass is 35.5. The number of nitrogens with two attached hydrogens (primary N) is 4. The molecule has 1 aromatic carbocycles. The predicted octanol–water partition coefficient (Wildman–Crippen LogP) is 2.44. The minimum atomic E-state index is -0.0619. The number of guanidine groups is 2. The number of nitrogens with zero attached hydrogens (tertiary/aromatic N) is 4. The van der Waals surface area contributed by atoms with Crippen molar-refractivity contribution in [3.8, 4) is 0 Å². The van der Waals surface area contributed by atoms with E-state index in [1.165, 1.54) is 0 Å². The van der Waals surface area contributed by atoms with Crippen molar-refractivity contribution in [2.75, 3.05) is 0 Å². The molecule has 27 heavy (non-hydrogen) atoms. The van der Waals surface area contributed by atoms with Crippen molar-refractivity contribution in [1.82, 2.24) is 0 Å². The first-order valence-corrected chi connectivity index (χ1v) is 8.89. The van der Waals surface area contributed by atoms with Crippen LogP contribution in [0.2, 0.25) is 0 Å². The molecule has 0 aliphatic heterocycles. The van der Waals surface area contributed by atoms with Gasteiger partial charge >= 0.3 is 0 Å². The van der Waals surface area contributed by atoms with E-state index in [2.05, 4.69) is 34.3 Å². The minimum Gasteiger partial charge on any atom is -0.369 e. The fourth-order valence-corrected chi connectivity index (χ4v) is 2.31. The highest BCUT2D eigenvalue weighted by Gasteiger charge is 2.09. The van der Waals surface area contributed by atoms with Crippen LogP contribution in [0, 0.1) is 0 Å². The van der Waals surface area contributed by atoms with Crippen LogP contribution in [0.15, 0.2) is 44.7 Å². The van der Waals surface area contributed by atoms with Crippen LogP contribution in [0.5, 0.6) is 0 Å². The Bertz CT molecular complexity index is 631. The number of unbranched alkanes of at least 4 members (excludes halogenated alkanes) is 2. The van der Waals surface area contributed by atoms with Crippen molar-refractivity contribution in [1.29, 1.82) is 0 Å². The molecule has 9 heteroatoms. The second-order valence-electron chi connectivity index (χ2n) is 5.93. The lowest BCUT2D eigenvalue weighted by Gasteiger charge is -2.09. The molecule has 150 valence electrons. The van der Waals surface area contributed by atoms with E-state index in [9.17, 15) is 0 Å². The zero-order valence-electron chi connectivity index (χ0n) is 16.1. The van der Waals surface area contributed by atoms with Gasteiger partial charge < -0.3 is 22.9 Å². The lowest BCUT2D eigenvalue weighted by Crippen LogP contribution is -2.22. The van der Waals surface area contributed by atoms with Crippen LogP contribution < -0.4 is 22.9 Å². The fraction of sp³-hybridized carbons (Fsp3) is 0.444. The number of hydrogen-bond acceptors (Lipinski definition) is 4. The number of benzene rings is 1. The molecule has 0 amide bonds. The van der Waals surface area contributed by atoms with Crippen LogP contribution >= 0.6 is 12.4 Å². The quantitative estimate of drug-likeness (QED) is 0.273. The molecule has 0 fully saturated rings. The second kappa shape index (κ2) is 13.6. The Kier molecular flexibility index (Phi) is 12.3. The molecule has 8 nitrogen and oxygen atoms in total. The first kappa shape index (κ1) is 24.4. The van der Waals surface area contributed by atoms with Crippen LogP contribution in [0.1, 0.15) is 63.5 Å². The van der Waals surface area contributed by atoms with Crippen LogP contribution in [0.3, 0.4) is 0 Å². The first-order chi connectivity index (χ1) is 12.5. The van der Waals surface area contributed by atoms with E-state index in [0.29, 0.717) is 0 Å². The first-order valence-electron chi connectivity index (χ1n) is 8.89. The Balaban J connectivity index is 0.00000676. The lowest BCUT2D eigenvalue weighted by atomic mass is 9.98. The summed E-state index contributed by atoms with van der Waals surface area (Å²) in [4.78, 5) is 0. The summed E-state index contributed by atoms with van der Waals surface area (Å²) in [6.45, 7) is 4.25. The van der Waals surface area contributed by atoms with Gasteiger partial charge in [-0.1, -0.05) is 44.9 Å². The van der Waals surface area contributed by atoms with Gasteiger partial charge in [-0.25, -0.2) is 0 Å². The van der Waals surface area contributed by atoms with E-state index >= 15 is 0 Å². The van der Waals surface area contributed by atoms with Gasteiger partial charge in [0, 0.05) is 0 Å². The van der Waals surface area contributed by atoms with E-state index < -0.39 is 0 Å². The van der Waals surface area contributed by atoms with Gasteiger partial charge in [0.25, 0.3) is 0 Å². The van der Waals surface area contributed by atoms with E-state index in [-0.39, 0.29) is 24.3 Å². The van der Waals surface area contributed by atoms with Crippen molar-refractivity contribution >= 4 is 35.7 Å². The molecular formula is C18H31ClN8. The molecule has 0 heterocycles. The third-order valence-corrected chi connectivity index (χ3v) is 3.64. The highest BCUT2D eigenvalue weighted by molar-refractivity contribution is 6.05. The molecule has 1 aromatic rings. The highest BCUT2D eigenvalue weighted by Crippen LogP contribution is 2.15. The number of rotatable bonds is 10. The van der Waals surface area contributed by atoms with Gasteiger partial charge in [-0.15, -0.1) is 22.6 Å². The Morgan fingerprint density at radius 1 is 0.741 bits per heavy atom. The number of hydrogen-bond donors (Lipinski definition) is 4. The monoisotopic (exact) mass is 394 g/mol. The second-order valence-corrected chi connectivity index (χ2v) is 5.93. The van der Waals surface area contributed by atoms with Gasteiger partial charge in [-0.05, 0) is 42.9 Å². The van der Waals surface area contributed by atoms with Crippen LogP contribution in [-0.2, 0) is 0 Å². The summed E-state index contributed by atoms with van der Waals surface area (Å²) in [7, 11) is 0. The third-order valence-electron chi connectivity index (χ3n) is 3.64. The Morgan fingerprint density at radius 3 is 1.48 bits per heavy atom. The van der Waals surface area contributed by atoms with Crippen molar-refractivity contribution in [3.63, 3.8) is 0 Å². The topological polar surface area (TPSA) is 154 Å².